The molecule has 0 saturated heterocycles. The van der Waals surface area contributed by atoms with Crippen LogP contribution >= 0.6 is 11.8 Å². The normalized spacial score (nSPS) is 11.2. The number of halogens is 3. The smallest absolute Gasteiger partial charge is 0.420 e. The number of alkyl halides is 3. The zero-order chi connectivity index (χ0) is 22.3. The van der Waals surface area contributed by atoms with Gasteiger partial charge >= 0.3 is 12.1 Å². The van der Waals surface area contributed by atoms with Crippen LogP contribution in [0, 0.1) is 0 Å². The molecule has 0 amide bonds. The monoisotopic (exact) mass is 452 g/mol. The molecule has 0 aliphatic heterocycles. The van der Waals surface area contributed by atoms with E-state index in [2.05, 4.69) is 4.74 Å². The summed E-state index contributed by atoms with van der Waals surface area (Å²) in [5.74, 6) is 0.398. The van der Waals surface area contributed by atoms with E-state index >= 15 is 0 Å². The van der Waals surface area contributed by atoms with Crippen molar-refractivity contribution in [2.75, 3.05) is 19.0 Å². The Morgan fingerprint density at radius 1 is 1.10 bits per heavy atom. The Kier molecular flexibility index (Phi) is 7.51. The van der Waals surface area contributed by atoms with Gasteiger partial charge in [0, 0.05) is 10.6 Å². The molecule has 3 aromatic rings. The van der Waals surface area contributed by atoms with Gasteiger partial charge in [0.2, 0.25) is 0 Å². The Balaban J connectivity index is 1.75. The molecule has 0 aliphatic carbocycles. The van der Waals surface area contributed by atoms with Gasteiger partial charge in [-0.3, -0.25) is 0 Å². The lowest BCUT2D eigenvalue weighted by Crippen LogP contribution is -2.17. The molecule has 0 radical (unpaired) electrons. The molecular weight excluding hydrogens is 433 g/mol. The molecule has 1 aromatic carbocycles. The third-order valence-electron chi connectivity index (χ3n) is 4.02. The van der Waals surface area contributed by atoms with E-state index in [-0.39, 0.29) is 6.61 Å². The number of carbonyl (C=O) groups excluding carboxylic acids is 1. The van der Waals surface area contributed by atoms with Crippen LogP contribution in [0.1, 0.15) is 24.0 Å². The first-order chi connectivity index (χ1) is 14.9. The number of hydrogen-bond acceptors (Lipinski definition) is 6. The summed E-state index contributed by atoms with van der Waals surface area (Å²) < 4.78 is 61.0. The largest absolute Gasteiger partial charge is 0.481 e. The van der Waals surface area contributed by atoms with Gasteiger partial charge in [0.1, 0.15) is 17.3 Å². The summed E-state index contributed by atoms with van der Waals surface area (Å²) in [7, 11) is 0. The number of carbonyl (C=O) groups is 1. The minimum absolute atomic E-state index is 0.120. The number of furan rings is 2. The van der Waals surface area contributed by atoms with E-state index in [9.17, 15) is 18.0 Å². The summed E-state index contributed by atoms with van der Waals surface area (Å²) in [6.07, 6.45) is 0.248. The van der Waals surface area contributed by atoms with Gasteiger partial charge in [0.05, 0.1) is 30.3 Å². The lowest BCUT2D eigenvalue weighted by molar-refractivity contribution is -0.147. The van der Waals surface area contributed by atoms with Gasteiger partial charge in [-0.1, -0.05) is 6.08 Å². The quantitative estimate of drug-likeness (QED) is 0.291. The van der Waals surface area contributed by atoms with Crippen molar-refractivity contribution >= 4 is 23.3 Å². The second kappa shape index (κ2) is 10.3. The van der Waals surface area contributed by atoms with Crippen LogP contribution in [0.2, 0.25) is 0 Å². The van der Waals surface area contributed by atoms with Crippen LogP contribution in [-0.4, -0.2) is 24.9 Å². The third-order valence-corrected chi connectivity index (χ3v) is 4.94. The van der Waals surface area contributed by atoms with Crippen molar-refractivity contribution in [3.8, 4) is 5.75 Å². The van der Waals surface area contributed by atoms with E-state index in [1.165, 1.54) is 36.4 Å². The van der Waals surface area contributed by atoms with Crippen molar-refractivity contribution in [2.24, 2.45) is 0 Å². The predicted octanol–water partition coefficient (Wildman–Crippen LogP) is 6.06. The minimum Gasteiger partial charge on any atom is -0.481 e. The molecule has 0 spiro atoms. The molecule has 2 aromatic heterocycles. The van der Waals surface area contributed by atoms with Crippen LogP contribution in [0.3, 0.4) is 0 Å². The van der Waals surface area contributed by atoms with Gasteiger partial charge in [0.25, 0.3) is 0 Å². The van der Waals surface area contributed by atoms with Crippen LogP contribution in [0.5, 0.6) is 5.75 Å². The summed E-state index contributed by atoms with van der Waals surface area (Å²) in [6, 6.07) is 10.7. The molecule has 9 heteroatoms. The molecule has 3 rings (SSSR count). The third kappa shape index (κ3) is 6.21. The van der Waals surface area contributed by atoms with Gasteiger partial charge in [-0.2, -0.15) is 13.2 Å². The van der Waals surface area contributed by atoms with Crippen LogP contribution in [-0.2, 0) is 15.7 Å². The topological polar surface area (TPSA) is 61.8 Å². The average molecular weight is 452 g/mol. The molecule has 0 N–H and O–H groups in total. The van der Waals surface area contributed by atoms with E-state index in [0.717, 1.165) is 6.07 Å². The fourth-order valence-corrected chi connectivity index (χ4v) is 3.50. The lowest BCUT2D eigenvalue weighted by atomic mass is 10.1. The second-order valence-electron chi connectivity index (χ2n) is 6.13. The predicted molar refractivity (Wildman–Crippen MR) is 109 cm³/mol. The molecule has 0 saturated carbocycles. The van der Waals surface area contributed by atoms with Gasteiger partial charge in [-0.05, 0) is 49.4 Å². The Labute approximate surface area is 180 Å². The molecule has 2 heterocycles. The maximum atomic E-state index is 13.5. The van der Waals surface area contributed by atoms with Gasteiger partial charge < -0.3 is 18.3 Å². The van der Waals surface area contributed by atoms with Crippen molar-refractivity contribution < 1.29 is 36.3 Å². The first-order valence-corrected chi connectivity index (χ1v) is 10.3. The number of esters is 1. The second-order valence-corrected chi connectivity index (χ2v) is 7.23. The highest BCUT2D eigenvalue weighted by molar-refractivity contribution is 7.99. The maximum absolute atomic E-state index is 13.5. The van der Waals surface area contributed by atoms with E-state index in [4.69, 9.17) is 13.6 Å². The number of rotatable bonds is 9. The van der Waals surface area contributed by atoms with E-state index in [0.29, 0.717) is 27.7 Å². The standard InChI is InChI=1S/C22H19F3O5S/c1-2-27-21(26)14-30-20-8-7-15(13-17(20)22(23,24)25)31-12-9-16(18-5-3-10-28-18)19-6-4-11-29-19/h3-11,13H,2,12,14H2,1H3. The van der Waals surface area contributed by atoms with E-state index < -0.39 is 30.1 Å². The average Bonchev–Trinajstić information content (AvgIpc) is 3.44. The highest BCUT2D eigenvalue weighted by Gasteiger charge is 2.35. The molecule has 0 aliphatic rings. The van der Waals surface area contributed by atoms with E-state index in [1.807, 2.05) is 6.08 Å². The van der Waals surface area contributed by atoms with Crippen molar-refractivity contribution in [1.29, 1.82) is 0 Å². The fourth-order valence-electron chi connectivity index (χ4n) is 2.69. The minimum atomic E-state index is -4.64. The summed E-state index contributed by atoms with van der Waals surface area (Å²) in [4.78, 5) is 11.8. The van der Waals surface area contributed by atoms with Crippen molar-refractivity contribution in [3.05, 3.63) is 78.2 Å². The van der Waals surface area contributed by atoms with Gasteiger partial charge in [0.15, 0.2) is 6.61 Å². The molecule has 0 atom stereocenters. The highest BCUT2D eigenvalue weighted by atomic mass is 32.2. The fraction of sp³-hybridized carbons (Fsp3) is 0.227. The Morgan fingerprint density at radius 2 is 1.77 bits per heavy atom. The Hall–Kier alpha value is -3.07. The van der Waals surface area contributed by atoms with Gasteiger partial charge in [-0.25, -0.2) is 4.79 Å². The first-order valence-electron chi connectivity index (χ1n) is 9.29. The van der Waals surface area contributed by atoms with Crippen LogP contribution in [0.15, 0.2) is 74.8 Å². The number of thioether (sulfide) groups is 1. The van der Waals surface area contributed by atoms with Gasteiger partial charge in [-0.15, -0.1) is 11.8 Å². The number of hydrogen-bond donors (Lipinski definition) is 0. The zero-order valence-electron chi connectivity index (χ0n) is 16.5. The molecular formula is C22H19F3O5S. The zero-order valence-corrected chi connectivity index (χ0v) is 17.3. The summed E-state index contributed by atoms with van der Waals surface area (Å²) in [6.45, 7) is 1.12. The van der Waals surface area contributed by atoms with Crippen LogP contribution in [0.4, 0.5) is 13.2 Å². The Morgan fingerprint density at radius 3 is 2.32 bits per heavy atom. The molecule has 5 nitrogen and oxygen atoms in total. The van der Waals surface area contributed by atoms with Crippen LogP contribution < -0.4 is 4.74 Å². The molecule has 0 bridgehead atoms. The molecule has 0 fully saturated rings. The summed E-state index contributed by atoms with van der Waals surface area (Å²) in [5, 5.41) is 0. The molecule has 31 heavy (non-hydrogen) atoms. The number of ether oxygens (including phenoxy) is 2. The van der Waals surface area contributed by atoms with Crippen molar-refractivity contribution in [2.45, 2.75) is 18.0 Å². The summed E-state index contributed by atoms with van der Waals surface area (Å²) in [5.41, 5.74) is -0.254. The highest BCUT2D eigenvalue weighted by Crippen LogP contribution is 2.39. The van der Waals surface area contributed by atoms with Crippen molar-refractivity contribution in [3.63, 3.8) is 0 Å². The molecule has 164 valence electrons. The van der Waals surface area contributed by atoms with Crippen molar-refractivity contribution in [1.82, 2.24) is 0 Å². The SMILES string of the molecule is CCOC(=O)COc1ccc(SCC=C(c2ccco2)c2ccco2)cc1C(F)(F)F. The van der Waals surface area contributed by atoms with Crippen LogP contribution in [0.25, 0.3) is 5.57 Å². The molecule has 0 unspecified atom stereocenters. The summed E-state index contributed by atoms with van der Waals surface area (Å²) >= 11 is 1.21. The Bertz CT molecular complexity index is 972. The lowest BCUT2D eigenvalue weighted by Gasteiger charge is -2.15. The maximum Gasteiger partial charge on any atom is 0.420 e. The first kappa shape index (κ1) is 22.6. The number of benzene rings is 1. The van der Waals surface area contributed by atoms with E-state index in [1.54, 1.807) is 31.2 Å².